The van der Waals surface area contributed by atoms with E-state index in [-0.39, 0.29) is 31.2 Å². The van der Waals surface area contributed by atoms with E-state index in [2.05, 4.69) is 15.6 Å². The number of rotatable bonds is 6. The van der Waals surface area contributed by atoms with E-state index in [9.17, 15) is 9.59 Å². The highest BCUT2D eigenvalue weighted by molar-refractivity contribution is 6.36. The highest BCUT2D eigenvalue weighted by Crippen LogP contribution is 2.30. The summed E-state index contributed by atoms with van der Waals surface area (Å²) in [6.45, 7) is 3.79. The number of esters is 1. The Labute approximate surface area is 160 Å². The zero-order chi connectivity index (χ0) is 19.4. The Morgan fingerprint density at radius 1 is 1.37 bits per heavy atom. The monoisotopic (exact) mass is 391 g/mol. The van der Waals surface area contributed by atoms with Crippen molar-refractivity contribution >= 4 is 29.2 Å². The number of amides is 1. The van der Waals surface area contributed by atoms with E-state index in [1.54, 1.807) is 38.1 Å². The molecule has 27 heavy (non-hydrogen) atoms. The summed E-state index contributed by atoms with van der Waals surface area (Å²) < 4.78 is 10.1. The summed E-state index contributed by atoms with van der Waals surface area (Å²) in [5.74, 6) is -0.516. The molecule has 0 saturated carbocycles. The average molecular weight is 392 g/mol. The lowest BCUT2D eigenvalue weighted by atomic mass is 10.1. The van der Waals surface area contributed by atoms with Gasteiger partial charge in [0.1, 0.15) is 17.0 Å². The van der Waals surface area contributed by atoms with Gasteiger partial charge in [-0.05, 0) is 19.9 Å². The Morgan fingerprint density at radius 2 is 2.15 bits per heavy atom. The molecule has 0 aliphatic carbocycles. The summed E-state index contributed by atoms with van der Waals surface area (Å²) in [7, 11) is 0. The van der Waals surface area contributed by atoms with E-state index >= 15 is 0 Å². The number of benzene rings is 1. The van der Waals surface area contributed by atoms with Gasteiger partial charge in [0.2, 0.25) is 0 Å². The third-order valence-corrected chi connectivity index (χ3v) is 4.28. The molecule has 0 radical (unpaired) electrons. The van der Waals surface area contributed by atoms with Crippen LogP contribution < -0.4 is 5.32 Å². The molecule has 1 aliphatic rings. The molecule has 3 rings (SSSR count). The van der Waals surface area contributed by atoms with Crippen molar-refractivity contribution in [3.63, 3.8) is 0 Å². The fourth-order valence-electron chi connectivity index (χ4n) is 2.64. The molecule has 8 nitrogen and oxygen atoms in total. The number of carbonyl (C=O) groups excluding carboxylic acids is 2. The highest BCUT2D eigenvalue weighted by atomic mass is 35.5. The zero-order valence-electron chi connectivity index (χ0n) is 14.8. The van der Waals surface area contributed by atoms with Crippen LogP contribution in [0.3, 0.4) is 0 Å². The molecule has 1 atom stereocenters. The summed E-state index contributed by atoms with van der Waals surface area (Å²) in [6, 6.07) is 7.06. The first kappa shape index (κ1) is 18.9. The molecule has 142 valence electrons. The fraction of sp³-hybridized carbons (Fsp3) is 0.333. The van der Waals surface area contributed by atoms with Crippen LogP contribution in [-0.4, -0.2) is 42.0 Å². The summed E-state index contributed by atoms with van der Waals surface area (Å²) in [5.41, 5.74) is 1.47. The average Bonchev–Trinajstić information content (AvgIpc) is 3.27. The summed E-state index contributed by atoms with van der Waals surface area (Å²) in [5, 5.41) is 10.9. The topological polar surface area (TPSA) is 103 Å². The number of nitrogens with one attached hydrogen (secondary N) is 1. The van der Waals surface area contributed by atoms with E-state index in [0.29, 0.717) is 27.6 Å². The van der Waals surface area contributed by atoms with E-state index in [1.807, 2.05) is 0 Å². The Morgan fingerprint density at radius 3 is 2.89 bits per heavy atom. The minimum atomic E-state index is -0.512. The van der Waals surface area contributed by atoms with Crippen LogP contribution in [0.15, 0.2) is 33.9 Å². The number of aryl methyl sites for hydroxylation is 1. The van der Waals surface area contributed by atoms with Gasteiger partial charge in [-0.25, -0.2) is 4.79 Å². The first-order valence-electron chi connectivity index (χ1n) is 8.40. The van der Waals surface area contributed by atoms with Gasteiger partial charge in [-0.2, -0.15) is 0 Å². The molecule has 2 aromatic rings. The zero-order valence-corrected chi connectivity index (χ0v) is 15.6. The lowest BCUT2D eigenvalue weighted by Gasteiger charge is -2.10. The number of oxime groups is 1. The molecule has 0 bridgehead atoms. The molecule has 1 N–H and O–H groups in total. The van der Waals surface area contributed by atoms with Gasteiger partial charge in [-0.3, -0.25) is 4.79 Å². The van der Waals surface area contributed by atoms with Crippen molar-refractivity contribution < 1.29 is 23.7 Å². The van der Waals surface area contributed by atoms with E-state index in [0.717, 1.165) is 0 Å². The van der Waals surface area contributed by atoms with Crippen LogP contribution in [0.25, 0.3) is 11.3 Å². The number of hydrogen-bond donors (Lipinski definition) is 1. The normalized spacial score (nSPS) is 15.8. The summed E-state index contributed by atoms with van der Waals surface area (Å²) in [6.07, 6.45) is -0.184. The fourth-order valence-corrected chi connectivity index (χ4v) is 2.87. The van der Waals surface area contributed by atoms with E-state index in [1.165, 1.54) is 0 Å². The van der Waals surface area contributed by atoms with Crippen LogP contribution in [0.1, 0.15) is 29.5 Å². The molecule has 0 spiro atoms. The van der Waals surface area contributed by atoms with Gasteiger partial charge in [0.15, 0.2) is 11.8 Å². The maximum atomic E-state index is 12.7. The smallest absolute Gasteiger partial charge is 0.356 e. The van der Waals surface area contributed by atoms with Crippen LogP contribution in [0.2, 0.25) is 5.02 Å². The number of halogens is 1. The minimum Gasteiger partial charge on any atom is -0.461 e. The molecule has 0 fully saturated rings. The molecule has 1 aromatic heterocycles. The van der Waals surface area contributed by atoms with Crippen LogP contribution in [0, 0.1) is 6.92 Å². The van der Waals surface area contributed by atoms with Gasteiger partial charge >= 0.3 is 5.97 Å². The largest absolute Gasteiger partial charge is 0.461 e. The molecule has 0 unspecified atom stereocenters. The third-order valence-electron chi connectivity index (χ3n) is 3.95. The SMILES string of the molecule is CCOC(=O)C1=NO[C@H](CNC(=O)c2c(-c3ccccc3Cl)noc2C)C1. The molecular weight excluding hydrogens is 374 g/mol. The van der Waals surface area contributed by atoms with Crippen molar-refractivity contribution in [2.45, 2.75) is 26.4 Å². The van der Waals surface area contributed by atoms with Gasteiger partial charge in [-0.1, -0.05) is 40.1 Å². The first-order chi connectivity index (χ1) is 13.0. The maximum absolute atomic E-state index is 12.7. The van der Waals surface area contributed by atoms with Crippen LogP contribution >= 0.6 is 11.6 Å². The minimum absolute atomic E-state index is 0.165. The Bertz CT molecular complexity index is 893. The van der Waals surface area contributed by atoms with Gasteiger partial charge in [0.25, 0.3) is 5.91 Å². The molecular formula is C18H18ClN3O5. The van der Waals surface area contributed by atoms with Gasteiger partial charge < -0.3 is 19.4 Å². The summed E-state index contributed by atoms with van der Waals surface area (Å²) >= 11 is 6.20. The molecule has 2 heterocycles. The second kappa shape index (κ2) is 8.22. The predicted molar refractivity (Wildman–Crippen MR) is 97.6 cm³/mol. The highest BCUT2D eigenvalue weighted by Gasteiger charge is 2.29. The van der Waals surface area contributed by atoms with Gasteiger partial charge in [0, 0.05) is 12.0 Å². The second-order valence-electron chi connectivity index (χ2n) is 5.84. The van der Waals surface area contributed by atoms with Crippen molar-refractivity contribution in [3.8, 4) is 11.3 Å². The van der Waals surface area contributed by atoms with E-state index in [4.69, 9.17) is 25.7 Å². The predicted octanol–water partition coefficient (Wildman–Crippen LogP) is 2.74. The molecule has 1 amide bonds. The molecule has 0 saturated heterocycles. The van der Waals surface area contributed by atoms with Crippen LogP contribution in [-0.2, 0) is 14.4 Å². The quantitative estimate of drug-likeness (QED) is 0.759. The Balaban J connectivity index is 1.66. The lowest BCUT2D eigenvalue weighted by Crippen LogP contribution is -2.33. The molecule has 1 aliphatic heterocycles. The van der Waals surface area contributed by atoms with Gasteiger partial charge in [-0.15, -0.1) is 0 Å². The van der Waals surface area contributed by atoms with Crippen LogP contribution in [0.4, 0.5) is 0 Å². The van der Waals surface area contributed by atoms with E-state index < -0.39 is 12.1 Å². The standard InChI is InChI=1S/C18H18ClN3O5/c1-3-25-18(24)14-8-11(27-21-14)9-20-17(23)15-10(2)26-22-16(15)12-6-4-5-7-13(12)19/h4-7,11H,3,8-9H2,1-2H3,(H,20,23)/t11-/m0/s1. The van der Waals surface area contributed by atoms with Crippen molar-refractivity contribution in [2.75, 3.05) is 13.2 Å². The number of ether oxygens (including phenoxy) is 1. The molecule has 1 aromatic carbocycles. The maximum Gasteiger partial charge on any atom is 0.356 e. The van der Waals surface area contributed by atoms with Crippen molar-refractivity contribution in [1.29, 1.82) is 0 Å². The number of carbonyl (C=O) groups is 2. The first-order valence-corrected chi connectivity index (χ1v) is 8.78. The third kappa shape index (κ3) is 4.11. The molecule has 9 heteroatoms. The second-order valence-corrected chi connectivity index (χ2v) is 6.25. The number of aromatic nitrogens is 1. The van der Waals surface area contributed by atoms with Gasteiger partial charge in [0.05, 0.1) is 18.2 Å². The lowest BCUT2D eigenvalue weighted by molar-refractivity contribution is -0.135. The number of hydrogen-bond acceptors (Lipinski definition) is 7. The van der Waals surface area contributed by atoms with Crippen molar-refractivity contribution in [2.24, 2.45) is 5.16 Å². The number of nitrogens with zero attached hydrogens (tertiary/aromatic N) is 2. The van der Waals surface area contributed by atoms with Crippen LogP contribution in [0.5, 0.6) is 0 Å². The Kier molecular flexibility index (Phi) is 5.75. The van der Waals surface area contributed by atoms with Crippen molar-refractivity contribution in [3.05, 3.63) is 40.6 Å². The Hall–Kier alpha value is -2.87. The summed E-state index contributed by atoms with van der Waals surface area (Å²) in [4.78, 5) is 29.5. The van der Waals surface area contributed by atoms with Crippen molar-refractivity contribution in [1.82, 2.24) is 10.5 Å².